The highest BCUT2D eigenvalue weighted by molar-refractivity contribution is 5.40. The largest absolute Gasteiger partial charge is 0.508 e. The van der Waals surface area contributed by atoms with Crippen molar-refractivity contribution in [3.05, 3.63) is 23.8 Å². The van der Waals surface area contributed by atoms with Gasteiger partial charge in [0.1, 0.15) is 11.5 Å². The Morgan fingerprint density at radius 1 is 1.29 bits per heavy atom. The first-order valence-corrected chi connectivity index (χ1v) is 6.36. The molecule has 0 spiro atoms. The zero-order valence-electron chi connectivity index (χ0n) is 10.5. The number of aromatic hydroxyl groups is 2. The summed E-state index contributed by atoms with van der Waals surface area (Å²) in [6.07, 6.45) is 3.75. The monoisotopic (exact) mass is 235 g/mol. The van der Waals surface area contributed by atoms with Gasteiger partial charge in [-0.05, 0) is 43.9 Å². The third-order valence-electron chi connectivity index (χ3n) is 3.80. The summed E-state index contributed by atoms with van der Waals surface area (Å²) in [5.74, 6) is 1.14. The Kier molecular flexibility index (Phi) is 3.57. The van der Waals surface area contributed by atoms with Gasteiger partial charge in [0.05, 0.1) is 0 Å². The molecule has 3 unspecified atom stereocenters. The highest BCUT2D eigenvalue weighted by Crippen LogP contribution is 2.31. The van der Waals surface area contributed by atoms with Gasteiger partial charge in [0.2, 0.25) is 0 Å². The van der Waals surface area contributed by atoms with Crippen molar-refractivity contribution in [1.82, 2.24) is 5.32 Å². The molecule has 1 saturated carbocycles. The molecule has 0 aliphatic heterocycles. The Balaban J connectivity index is 2.08. The number of benzene rings is 1. The van der Waals surface area contributed by atoms with Crippen LogP contribution in [0, 0.1) is 5.92 Å². The second kappa shape index (κ2) is 4.96. The molecule has 0 aromatic heterocycles. The van der Waals surface area contributed by atoms with E-state index in [1.165, 1.54) is 25.3 Å². The fourth-order valence-corrected chi connectivity index (χ4v) is 2.69. The van der Waals surface area contributed by atoms with E-state index >= 15 is 0 Å². The van der Waals surface area contributed by atoms with E-state index in [1.54, 1.807) is 12.1 Å². The van der Waals surface area contributed by atoms with Gasteiger partial charge in [0.25, 0.3) is 0 Å². The van der Waals surface area contributed by atoms with Crippen LogP contribution in [0.1, 0.15) is 44.7 Å². The highest BCUT2D eigenvalue weighted by atomic mass is 16.3. The minimum atomic E-state index is 0.0626. The Morgan fingerprint density at radius 3 is 2.71 bits per heavy atom. The lowest BCUT2D eigenvalue weighted by Gasteiger charge is -2.23. The molecule has 1 fully saturated rings. The molecule has 17 heavy (non-hydrogen) atoms. The Morgan fingerprint density at radius 2 is 2.06 bits per heavy atom. The summed E-state index contributed by atoms with van der Waals surface area (Å²) in [5, 5.41) is 22.8. The summed E-state index contributed by atoms with van der Waals surface area (Å²) in [6.45, 7) is 4.29. The fraction of sp³-hybridized carbons (Fsp3) is 0.571. The van der Waals surface area contributed by atoms with Gasteiger partial charge in [-0.25, -0.2) is 0 Å². The first-order valence-electron chi connectivity index (χ1n) is 6.36. The molecule has 1 aliphatic carbocycles. The minimum absolute atomic E-state index is 0.0626. The van der Waals surface area contributed by atoms with E-state index in [0.717, 1.165) is 5.56 Å². The maximum Gasteiger partial charge on any atom is 0.120 e. The second-order valence-electron chi connectivity index (χ2n) is 5.15. The summed E-state index contributed by atoms with van der Waals surface area (Å²) in [5.41, 5.74) is 0.768. The molecule has 0 saturated heterocycles. The quantitative estimate of drug-likeness (QED) is 0.706. The molecule has 94 valence electrons. The lowest BCUT2D eigenvalue weighted by molar-refractivity contribution is 0.376. The first-order chi connectivity index (χ1) is 8.08. The predicted octanol–water partition coefficient (Wildman–Crippen LogP) is 2.94. The average Bonchev–Trinajstić information content (AvgIpc) is 2.68. The van der Waals surface area contributed by atoms with Crippen molar-refractivity contribution in [3.63, 3.8) is 0 Å². The van der Waals surface area contributed by atoms with Crippen LogP contribution in [0.5, 0.6) is 11.5 Å². The summed E-state index contributed by atoms with van der Waals surface area (Å²) >= 11 is 0. The number of phenols is 2. The molecule has 2 rings (SSSR count). The third-order valence-corrected chi connectivity index (χ3v) is 3.80. The van der Waals surface area contributed by atoms with Crippen molar-refractivity contribution in [2.75, 3.05) is 0 Å². The standard InChI is InChI=1S/C14H21NO2/c1-9-4-3-5-13(9)15-10(2)12-8-11(16)6-7-14(12)17/h6-10,13,15-17H,3-5H2,1-2H3. The molecule has 1 aliphatic rings. The van der Waals surface area contributed by atoms with Crippen LogP contribution in [-0.2, 0) is 0 Å². The number of hydrogen-bond donors (Lipinski definition) is 3. The average molecular weight is 235 g/mol. The number of phenolic OH excluding ortho intramolecular Hbond substituents is 2. The van der Waals surface area contributed by atoms with Gasteiger partial charge in [-0.15, -0.1) is 0 Å². The highest BCUT2D eigenvalue weighted by Gasteiger charge is 2.25. The van der Waals surface area contributed by atoms with Crippen molar-refractivity contribution in [1.29, 1.82) is 0 Å². The Labute approximate surface area is 102 Å². The second-order valence-corrected chi connectivity index (χ2v) is 5.15. The Bertz CT molecular complexity index is 392. The van der Waals surface area contributed by atoms with E-state index < -0.39 is 0 Å². The van der Waals surface area contributed by atoms with E-state index in [0.29, 0.717) is 12.0 Å². The van der Waals surface area contributed by atoms with Gasteiger partial charge in [-0.3, -0.25) is 0 Å². The van der Waals surface area contributed by atoms with E-state index in [-0.39, 0.29) is 17.5 Å². The molecule has 0 radical (unpaired) electrons. The molecule has 3 heteroatoms. The molecular formula is C14H21NO2. The van der Waals surface area contributed by atoms with E-state index in [2.05, 4.69) is 12.2 Å². The fourth-order valence-electron chi connectivity index (χ4n) is 2.69. The van der Waals surface area contributed by atoms with Crippen molar-refractivity contribution in [2.45, 2.75) is 45.2 Å². The summed E-state index contributed by atoms with van der Waals surface area (Å²) in [7, 11) is 0. The summed E-state index contributed by atoms with van der Waals surface area (Å²) in [4.78, 5) is 0. The lowest BCUT2D eigenvalue weighted by atomic mass is 10.0. The molecular weight excluding hydrogens is 214 g/mol. The summed E-state index contributed by atoms with van der Waals surface area (Å²) in [6, 6.07) is 5.26. The number of rotatable bonds is 3. The summed E-state index contributed by atoms with van der Waals surface area (Å²) < 4.78 is 0. The maximum atomic E-state index is 9.79. The van der Waals surface area contributed by atoms with Crippen molar-refractivity contribution >= 4 is 0 Å². The smallest absolute Gasteiger partial charge is 0.120 e. The molecule has 0 amide bonds. The van der Waals surface area contributed by atoms with Crippen molar-refractivity contribution in [3.8, 4) is 11.5 Å². The molecule has 3 atom stereocenters. The van der Waals surface area contributed by atoms with Gasteiger partial charge in [-0.1, -0.05) is 13.3 Å². The first kappa shape index (κ1) is 12.2. The Hall–Kier alpha value is -1.22. The number of hydrogen-bond acceptors (Lipinski definition) is 3. The molecule has 3 N–H and O–H groups in total. The van der Waals surface area contributed by atoms with Crippen LogP contribution < -0.4 is 5.32 Å². The zero-order chi connectivity index (χ0) is 12.4. The van der Waals surface area contributed by atoms with E-state index in [9.17, 15) is 10.2 Å². The van der Waals surface area contributed by atoms with Gasteiger partial charge >= 0.3 is 0 Å². The van der Waals surface area contributed by atoms with E-state index in [1.807, 2.05) is 6.92 Å². The van der Waals surface area contributed by atoms with Gasteiger partial charge in [0, 0.05) is 17.6 Å². The molecule has 1 aromatic rings. The normalized spacial score (nSPS) is 26.0. The van der Waals surface area contributed by atoms with Crippen molar-refractivity contribution in [2.24, 2.45) is 5.92 Å². The van der Waals surface area contributed by atoms with Gasteiger partial charge in [0.15, 0.2) is 0 Å². The molecule has 0 bridgehead atoms. The van der Waals surface area contributed by atoms with Crippen LogP contribution >= 0.6 is 0 Å². The third kappa shape index (κ3) is 2.72. The number of nitrogens with one attached hydrogen (secondary N) is 1. The van der Waals surface area contributed by atoms with Crippen molar-refractivity contribution < 1.29 is 10.2 Å². The van der Waals surface area contributed by atoms with Crippen LogP contribution in [0.3, 0.4) is 0 Å². The van der Waals surface area contributed by atoms with Crippen LogP contribution in [0.4, 0.5) is 0 Å². The minimum Gasteiger partial charge on any atom is -0.508 e. The molecule has 3 nitrogen and oxygen atoms in total. The SMILES string of the molecule is CC(NC1CCCC1C)c1cc(O)ccc1O. The van der Waals surface area contributed by atoms with Gasteiger partial charge in [-0.2, -0.15) is 0 Å². The maximum absolute atomic E-state index is 9.79. The van der Waals surface area contributed by atoms with Crippen LogP contribution in [0.15, 0.2) is 18.2 Å². The zero-order valence-corrected chi connectivity index (χ0v) is 10.5. The molecule has 1 aromatic carbocycles. The molecule has 0 heterocycles. The van der Waals surface area contributed by atoms with Gasteiger partial charge < -0.3 is 15.5 Å². The van der Waals surface area contributed by atoms with Crippen LogP contribution in [0.2, 0.25) is 0 Å². The topological polar surface area (TPSA) is 52.5 Å². The predicted molar refractivity (Wildman–Crippen MR) is 68.1 cm³/mol. The van der Waals surface area contributed by atoms with E-state index in [4.69, 9.17) is 0 Å². The lowest BCUT2D eigenvalue weighted by Crippen LogP contribution is -2.33. The van der Waals surface area contributed by atoms with Crippen LogP contribution in [0.25, 0.3) is 0 Å². The van der Waals surface area contributed by atoms with Crippen LogP contribution in [-0.4, -0.2) is 16.3 Å².